The van der Waals surface area contributed by atoms with E-state index in [-0.39, 0.29) is 11.5 Å². The van der Waals surface area contributed by atoms with Gasteiger partial charge in [0.2, 0.25) is 0 Å². The molecule has 162 valence electrons. The van der Waals surface area contributed by atoms with E-state index < -0.39 is 5.97 Å². The average molecular weight is 421 g/mol. The van der Waals surface area contributed by atoms with Crippen LogP contribution in [0.25, 0.3) is 0 Å². The molecule has 0 unspecified atom stereocenters. The molecule has 2 N–H and O–H groups in total. The van der Waals surface area contributed by atoms with Crippen LogP contribution in [0.1, 0.15) is 44.1 Å². The number of nitrogens with zero attached hydrogens (tertiary/aromatic N) is 3. The summed E-state index contributed by atoms with van der Waals surface area (Å²) in [5.41, 5.74) is 5.17. The fraction of sp³-hybridized carbons (Fsp3) is 0.292. The first-order valence-corrected chi connectivity index (χ1v) is 10.2. The highest BCUT2D eigenvalue weighted by molar-refractivity contribution is 6.05. The molecule has 0 radical (unpaired) electrons. The summed E-state index contributed by atoms with van der Waals surface area (Å²) >= 11 is 0. The van der Waals surface area contributed by atoms with Crippen molar-refractivity contribution in [2.24, 2.45) is 7.05 Å². The summed E-state index contributed by atoms with van der Waals surface area (Å²) in [6.07, 6.45) is 1.75. The van der Waals surface area contributed by atoms with Crippen molar-refractivity contribution in [3.8, 4) is 0 Å². The minimum Gasteiger partial charge on any atom is -0.478 e. The molecule has 31 heavy (non-hydrogen) atoms. The Bertz CT molecular complexity index is 1090. The van der Waals surface area contributed by atoms with E-state index in [1.165, 1.54) is 11.6 Å². The number of hydrogen-bond donors (Lipinski definition) is 2. The number of rotatable bonds is 8. The predicted octanol–water partition coefficient (Wildman–Crippen LogP) is 4.06. The summed E-state index contributed by atoms with van der Waals surface area (Å²) in [4.78, 5) is 26.2. The van der Waals surface area contributed by atoms with Gasteiger partial charge in [-0.05, 0) is 62.6 Å². The lowest BCUT2D eigenvalue weighted by molar-refractivity contribution is 0.0697. The maximum Gasteiger partial charge on any atom is 0.337 e. The summed E-state index contributed by atoms with van der Waals surface area (Å²) in [6.45, 7) is 4.77. The zero-order valence-corrected chi connectivity index (χ0v) is 18.3. The monoisotopic (exact) mass is 420 g/mol. The van der Waals surface area contributed by atoms with E-state index in [9.17, 15) is 14.7 Å². The number of aromatic carboxylic acids is 1. The molecule has 1 heterocycles. The normalized spacial score (nSPS) is 10.7. The van der Waals surface area contributed by atoms with Crippen LogP contribution in [0.4, 0.5) is 11.4 Å². The Balaban J connectivity index is 1.70. The van der Waals surface area contributed by atoms with E-state index >= 15 is 0 Å². The average Bonchev–Trinajstić information content (AvgIpc) is 3.00. The lowest BCUT2D eigenvalue weighted by Gasteiger charge is -2.22. The molecule has 3 rings (SSSR count). The van der Waals surface area contributed by atoms with Crippen LogP contribution in [-0.2, 0) is 13.5 Å². The van der Waals surface area contributed by atoms with Crippen molar-refractivity contribution in [1.29, 1.82) is 0 Å². The number of aromatic nitrogens is 2. The van der Waals surface area contributed by atoms with E-state index in [1.807, 2.05) is 36.7 Å². The predicted molar refractivity (Wildman–Crippen MR) is 122 cm³/mol. The van der Waals surface area contributed by atoms with E-state index in [0.29, 0.717) is 23.5 Å². The van der Waals surface area contributed by atoms with Crippen LogP contribution >= 0.6 is 0 Å². The highest BCUT2D eigenvalue weighted by atomic mass is 16.4. The zero-order chi connectivity index (χ0) is 22.5. The Kier molecular flexibility index (Phi) is 6.74. The van der Waals surface area contributed by atoms with Gasteiger partial charge in [-0.3, -0.25) is 9.48 Å². The standard InChI is InChI=1S/C24H28N4O3/c1-16-20(17(2)28(4)26-16)11-8-14-27(3)22-13-12-19(15-21(22)24(30)31)25-23(29)18-9-6-5-7-10-18/h5-7,9-10,12-13,15H,8,11,14H2,1-4H3,(H,25,29)(H,30,31). The summed E-state index contributed by atoms with van der Waals surface area (Å²) in [5.74, 6) is -1.31. The van der Waals surface area contributed by atoms with Gasteiger partial charge in [0.25, 0.3) is 5.91 Å². The van der Waals surface area contributed by atoms with Gasteiger partial charge >= 0.3 is 5.97 Å². The minimum atomic E-state index is -1.03. The second-order valence-electron chi connectivity index (χ2n) is 7.66. The van der Waals surface area contributed by atoms with E-state index in [2.05, 4.69) is 17.3 Å². The third-order valence-electron chi connectivity index (χ3n) is 5.51. The lowest BCUT2D eigenvalue weighted by Crippen LogP contribution is -2.22. The molecule has 0 aliphatic rings. The lowest BCUT2D eigenvalue weighted by atomic mass is 10.1. The van der Waals surface area contributed by atoms with Gasteiger partial charge in [0.1, 0.15) is 0 Å². The van der Waals surface area contributed by atoms with Crippen LogP contribution in [0.15, 0.2) is 48.5 Å². The van der Waals surface area contributed by atoms with Crippen LogP contribution < -0.4 is 10.2 Å². The molecule has 0 saturated heterocycles. The number of carboxylic acids is 1. The van der Waals surface area contributed by atoms with Crippen LogP contribution in [-0.4, -0.2) is 40.4 Å². The van der Waals surface area contributed by atoms with Gasteiger partial charge in [0.05, 0.1) is 16.9 Å². The highest BCUT2D eigenvalue weighted by Gasteiger charge is 2.16. The summed E-state index contributed by atoms with van der Waals surface area (Å²) in [6, 6.07) is 13.8. The summed E-state index contributed by atoms with van der Waals surface area (Å²) < 4.78 is 1.89. The van der Waals surface area contributed by atoms with Crippen molar-refractivity contribution in [3.63, 3.8) is 0 Å². The van der Waals surface area contributed by atoms with Gasteiger partial charge in [-0.15, -0.1) is 0 Å². The topological polar surface area (TPSA) is 87.5 Å². The number of carboxylic acid groups (broad SMARTS) is 1. The maximum absolute atomic E-state index is 12.4. The molecule has 3 aromatic rings. The molecule has 7 heteroatoms. The maximum atomic E-state index is 12.4. The largest absolute Gasteiger partial charge is 0.478 e. The molecule has 1 amide bonds. The molecular formula is C24H28N4O3. The molecule has 1 aromatic heterocycles. The van der Waals surface area contributed by atoms with Crippen molar-refractivity contribution in [2.75, 3.05) is 23.8 Å². The Morgan fingerprint density at radius 2 is 1.84 bits per heavy atom. The highest BCUT2D eigenvalue weighted by Crippen LogP contribution is 2.25. The smallest absolute Gasteiger partial charge is 0.337 e. The molecule has 0 bridgehead atoms. The van der Waals surface area contributed by atoms with Crippen LogP contribution in [0.5, 0.6) is 0 Å². The number of hydrogen-bond acceptors (Lipinski definition) is 4. The molecule has 0 saturated carbocycles. The Morgan fingerprint density at radius 3 is 2.45 bits per heavy atom. The number of amides is 1. The zero-order valence-electron chi connectivity index (χ0n) is 18.3. The van der Waals surface area contributed by atoms with Crippen molar-refractivity contribution in [2.45, 2.75) is 26.7 Å². The van der Waals surface area contributed by atoms with Crippen LogP contribution in [0.3, 0.4) is 0 Å². The quantitative estimate of drug-likeness (QED) is 0.574. The third-order valence-corrected chi connectivity index (χ3v) is 5.51. The van der Waals surface area contributed by atoms with Crippen LogP contribution in [0, 0.1) is 13.8 Å². The van der Waals surface area contributed by atoms with E-state index in [4.69, 9.17) is 0 Å². The van der Waals surface area contributed by atoms with Crippen molar-refractivity contribution in [1.82, 2.24) is 9.78 Å². The number of nitrogens with one attached hydrogen (secondary N) is 1. The van der Waals surface area contributed by atoms with E-state index in [0.717, 1.165) is 24.2 Å². The Hall–Kier alpha value is -3.61. The molecule has 7 nitrogen and oxygen atoms in total. The van der Waals surface area contributed by atoms with Crippen LogP contribution in [0.2, 0.25) is 0 Å². The molecule has 0 aliphatic heterocycles. The van der Waals surface area contributed by atoms with Gasteiger partial charge in [0.15, 0.2) is 0 Å². The van der Waals surface area contributed by atoms with E-state index in [1.54, 1.807) is 36.4 Å². The van der Waals surface area contributed by atoms with Gasteiger partial charge in [-0.2, -0.15) is 5.10 Å². The molecule has 0 spiro atoms. The first kappa shape index (κ1) is 22.1. The van der Waals surface area contributed by atoms with Gasteiger partial charge in [-0.25, -0.2) is 4.79 Å². The van der Waals surface area contributed by atoms with Crippen molar-refractivity contribution < 1.29 is 14.7 Å². The number of carbonyl (C=O) groups excluding carboxylic acids is 1. The second-order valence-corrected chi connectivity index (χ2v) is 7.66. The Labute approximate surface area is 182 Å². The number of carbonyl (C=O) groups is 2. The van der Waals surface area contributed by atoms with Crippen molar-refractivity contribution >= 4 is 23.3 Å². The molecule has 2 aromatic carbocycles. The van der Waals surface area contributed by atoms with Crippen molar-refractivity contribution in [3.05, 3.63) is 76.6 Å². The molecule has 0 fully saturated rings. The van der Waals surface area contributed by atoms with Gasteiger partial charge < -0.3 is 15.3 Å². The number of benzene rings is 2. The minimum absolute atomic E-state index is 0.155. The SMILES string of the molecule is Cc1nn(C)c(C)c1CCCN(C)c1ccc(NC(=O)c2ccccc2)cc1C(=O)O. The summed E-state index contributed by atoms with van der Waals surface area (Å²) in [7, 11) is 3.82. The van der Waals surface area contributed by atoms with Gasteiger partial charge in [0, 0.05) is 37.6 Å². The third kappa shape index (κ3) is 5.12. The number of anilines is 2. The molecular weight excluding hydrogens is 392 g/mol. The molecule has 0 atom stereocenters. The Morgan fingerprint density at radius 1 is 1.13 bits per heavy atom. The molecule has 0 aliphatic carbocycles. The second kappa shape index (κ2) is 9.47. The fourth-order valence-electron chi connectivity index (χ4n) is 3.70. The first-order chi connectivity index (χ1) is 14.8. The number of aryl methyl sites for hydroxylation is 2. The fourth-order valence-corrected chi connectivity index (χ4v) is 3.70. The summed E-state index contributed by atoms with van der Waals surface area (Å²) in [5, 5.41) is 16.9. The first-order valence-electron chi connectivity index (χ1n) is 10.2. The van der Waals surface area contributed by atoms with Gasteiger partial charge in [-0.1, -0.05) is 18.2 Å².